The molecule has 1 atom stereocenters. The molecule has 7 heteroatoms. The topological polar surface area (TPSA) is 44.4 Å². The number of hydrogen-bond donors (Lipinski definition) is 0. The maximum atomic E-state index is 6.00. The van der Waals surface area contributed by atoms with Crippen LogP contribution >= 0.6 is 11.3 Å². The molecule has 12 aromatic carbocycles. The van der Waals surface area contributed by atoms with Gasteiger partial charge in [0.05, 0.1) is 44.1 Å². The van der Waals surface area contributed by atoms with E-state index in [0.717, 1.165) is 72.1 Å². The summed E-state index contributed by atoms with van der Waals surface area (Å²) >= 11 is 1.86. The summed E-state index contributed by atoms with van der Waals surface area (Å²) in [6, 6.07) is 96.1. The molecule has 6 nitrogen and oxygen atoms in total. The quantitative estimate of drug-likeness (QED) is 0.122. The molecule has 0 saturated heterocycles. The molecule has 0 amide bonds. The minimum Gasteiger partial charge on any atom is -0.318 e. The minimum atomic E-state index is -0.413. The Morgan fingerprint density at radius 2 is 0.899 bits per heavy atom. The molecule has 1 aliphatic carbocycles. The van der Waals surface area contributed by atoms with Crippen LogP contribution in [0.2, 0.25) is 0 Å². The second kappa shape index (κ2) is 20.2. The Morgan fingerprint density at radius 1 is 0.393 bits per heavy atom. The fourth-order valence-electron chi connectivity index (χ4n) is 15.1. The highest BCUT2D eigenvalue weighted by atomic mass is 32.1. The van der Waals surface area contributed by atoms with Gasteiger partial charge in [0.1, 0.15) is 12.0 Å². The molecule has 0 saturated carbocycles. The molecule has 89 heavy (non-hydrogen) atoms. The molecule has 5 heterocycles. The Balaban J connectivity index is 0.00000303. The zero-order chi connectivity index (χ0) is 59.8. The first-order chi connectivity index (χ1) is 43.7. The van der Waals surface area contributed by atoms with Gasteiger partial charge in [0.2, 0.25) is 5.96 Å². The van der Waals surface area contributed by atoms with Crippen molar-refractivity contribution in [3.63, 3.8) is 0 Å². The summed E-state index contributed by atoms with van der Waals surface area (Å²) in [5.74, 6) is 1.42. The fraction of sp³-hybridized carbons (Fsp3) is 0.0976. The van der Waals surface area contributed by atoms with Gasteiger partial charge in [-0.05, 0) is 137 Å². The van der Waals surface area contributed by atoms with Gasteiger partial charge < -0.3 is 9.13 Å². The van der Waals surface area contributed by atoms with Crippen molar-refractivity contribution < 1.29 is 0 Å². The fourth-order valence-corrected chi connectivity index (χ4v) is 16.2. The number of benzene rings is 12. The van der Waals surface area contributed by atoms with Crippen LogP contribution < -0.4 is 0 Å². The standard InChI is InChI=1S/C80H56N6S.C2H6/c1-48(83-70-32-18-12-27-64(70)77-72(83)43-41-63-55-22-8-14-28-66(55)80(3,4)78(63)77)81-79(82-49(2)84-67-29-15-9-23-56(67)59-38-35-52(45-73(59)84)53-36-40-62-61-26-13-19-33-75(61)87-76(62)47-53)86-69-31-17-10-24-57(69)60-39-34-51(46-74(60)86)50-37-42-71-65(44-50)58-25-11-16-30-68(58)85(71)54-20-6-5-7-21-54;1-2/h5-47,49H,1-4H3;1-2H3/b81-48+,82-79+;. The first kappa shape index (κ1) is 52.7. The van der Waals surface area contributed by atoms with E-state index < -0.39 is 6.17 Å². The second-order valence-corrected chi connectivity index (χ2v) is 25.1. The molecule has 0 aliphatic heterocycles. The van der Waals surface area contributed by atoms with E-state index in [4.69, 9.17) is 9.98 Å². The highest BCUT2D eigenvalue weighted by Gasteiger charge is 2.38. The lowest BCUT2D eigenvalue weighted by Gasteiger charge is -2.22. The molecule has 426 valence electrons. The maximum Gasteiger partial charge on any atom is 0.233 e. The number of thiophene rings is 1. The molecule has 5 aromatic heterocycles. The highest BCUT2D eigenvalue weighted by molar-refractivity contribution is 7.25. The first-order valence-electron chi connectivity index (χ1n) is 31.1. The predicted octanol–water partition coefficient (Wildman–Crippen LogP) is 22.5. The third kappa shape index (κ3) is 7.87. The van der Waals surface area contributed by atoms with Crippen LogP contribution in [0.3, 0.4) is 0 Å². The molecule has 17 aromatic rings. The van der Waals surface area contributed by atoms with Crippen LogP contribution in [0.15, 0.2) is 271 Å². The summed E-state index contributed by atoms with van der Waals surface area (Å²) in [6.45, 7) is 13.2. The molecular weight excluding hydrogens is 1100 g/mol. The van der Waals surface area contributed by atoms with Gasteiger partial charge in [-0.25, -0.2) is 4.99 Å². The zero-order valence-electron chi connectivity index (χ0n) is 50.5. The van der Waals surface area contributed by atoms with Crippen molar-refractivity contribution in [3.05, 3.63) is 272 Å². The van der Waals surface area contributed by atoms with E-state index in [1.807, 2.05) is 25.2 Å². The molecule has 18 rings (SSSR count). The zero-order valence-corrected chi connectivity index (χ0v) is 51.3. The summed E-state index contributed by atoms with van der Waals surface area (Å²) in [7, 11) is 0. The number of nitrogens with zero attached hydrogens (tertiary/aromatic N) is 6. The van der Waals surface area contributed by atoms with E-state index in [-0.39, 0.29) is 5.41 Å². The number of rotatable bonds is 5. The number of para-hydroxylation sites is 5. The van der Waals surface area contributed by atoms with Gasteiger partial charge in [0.25, 0.3) is 0 Å². The Bertz CT molecular complexity index is 5840. The van der Waals surface area contributed by atoms with Gasteiger partial charge in [-0.2, -0.15) is 4.99 Å². The average Bonchev–Trinajstić information content (AvgIpc) is 1.56. The summed E-state index contributed by atoms with van der Waals surface area (Å²) < 4.78 is 12.1. The summed E-state index contributed by atoms with van der Waals surface area (Å²) in [5, 5.41) is 12.2. The Labute approximate surface area is 519 Å². The Morgan fingerprint density at radius 3 is 1.65 bits per heavy atom. The molecule has 0 radical (unpaired) electrons. The monoisotopic (exact) mass is 1160 g/mol. The number of aliphatic imine (C=N–C) groups is 2. The maximum absolute atomic E-state index is 6.00. The van der Waals surface area contributed by atoms with Gasteiger partial charge in [-0.1, -0.05) is 210 Å². The van der Waals surface area contributed by atoms with Gasteiger partial charge in [-0.3, -0.25) is 9.13 Å². The van der Waals surface area contributed by atoms with Crippen molar-refractivity contribution in [1.82, 2.24) is 18.3 Å². The molecule has 1 aliphatic rings. The van der Waals surface area contributed by atoms with E-state index in [2.05, 4.69) is 307 Å². The van der Waals surface area contributed by atoms with Crippen molar-refractivity contribution in [3.8, 4) is 39.1 Å². The Kier molecular flexibility index (Phi) is 12.0. The van der Waals surface area contributed by atoms with Gasteiger partial charge >= 0.3 is 0 Å². The number of fused-ring (bicyclic) bond motifs is 19. The minimum absolute atomic E-state index is 0.217. The van der Waals surface area contributed by atoms with Crippen molar-refractivity contribution >= 4 is 131 Å². The second-order valence-electron chi connectivity index (χ2n) is 24.1. The summed E-state index contributed by atoms with van der Waals surface area (Å²) in [5.41, 5.74) is 19.8. The average molecular weight is 1160 g/mol. The Hall–Kier alpha value is -10.6. The van der Waals surface area contributed by atoms with Crippen LogP contribution in [0.25, 0.3) is 146 Å². The third-order valence-electron chi connectivity index (χ3n) is 18.9. The summed E-state index contributed by atoms with van der Waals surface area (Å²) in [6.07, 6.45) is -0.413. The SMILES string of the molecule is C/C(=N\C(=N/C(C)n1c2ccccc2c2ccc(-c3ccc4c(c3)sc3ccccc34)cc21)n1c2ccccc2c2ccc(-c3ccc4c(c3)c3ccccc3n4-c3ccccc3)cc21)n1c2ccccc2c2c3c(ccc21)-c1ccccc1C3(C)C.CC. The van der Waals surface area contributed by atoms with Crippen LogP contribution in [0.4, 0.5) is 0 Å². The lowest BCUT2D eigenvalue weighted by atomic mass is 9.80. The lowest BCUT2D eigenvalue weighted by Crippen LogP contribution is -2.18. The first-order valence-corrected chi connectivity index (χ1v) is 31.9. The lowest BCUT2D eigenvalue weighted by molar-refractivity contribution is 0.610. The number of aromatic nitrogens is 4. The molecule has 0 fully saturated rings. The van der Waals surface area contributed by atoms with Crippen molar-refractivity contribution in [2.45, 2.75) is 53.1 Å². The molecule has 0 N–H and O–H groups in total. The van der Waals surface area contributed by atoms with E-state index in [1.165, 1.54) is 91.3 Å². The van der Waals surface area contributed by atoms with Crippen LogP contribution in [-0.4, -0.2) is 30.1 Å². The van der Waals surface area contributed by atoms with Crippen LogP contribution in [0.1, 0.15) is 58.8 Å². The smallest absolute Gasteiger partial charge is 0.233 e. The van der Waals surface area contributed by atoms with E-state index in [9.17, 15) is 0 Å². The third-order valence-corrected chi connectivity index (χ3v) is 20.1. The largest absolute Gasteiger partial charge is 0.318 e. The van der Waals surface area contributed by atoms with E-state index in [1.54, 1.807) is 0 Å². The summed E-state index contributed by atoms with van der Waals surface area (Å²) in [4.78, 5) is 11.9. The van der Waals surface area contributed by atoms with Crippen LogP contribution in [0, 0.1) is 0 Å². The van der Waals surface area contributed by atoms with Gasteiger partial charge in [0.15, 0.2) is 0 Å². The van der Waals surface area contributed by atoms with Gasteiger partial charge in [-0.15, -0.1) is 11.3 Å². The molecule has 0 spiro atoms. The van der Waals surface area contributed by atoms with Crippen molar-refractivity contribution in [2.75, 3.05) is 0 Å². The highest BCUT2D eigenvalue weighted by Crippen LogP contribution is 2.53. The molecule has 1 unspecified atom stereocenters. The molecule has 0 bridgehead atoms. The van der Waals surface area contributed by atoms with E-state index >= 15 is 0 Å². The van der Waals surface area contributed by atoms with Crippen LogP contribution in [0.5, 0.6) is 0 Å². The van der Waals surface area contributed by atoms with E-state index in [0.29, 0.717) is 5.96 Å². The van der Waals surface area contributed by atoms with Gasteiger partial charge in [0, 0.05) is 74.4 Å². The normalized spacial score (nSPS) is 13.7. The van der Waals surface area contributed by atoms with Crippen molar-refractivity contribution in [2.24, 2.45) is 9.98 Å². The van der Waals surface area contributed by atoms with Crippen LogP contribution in [-0.2, 0) is 5.41 Å². The predicted molar refractivity (Wildman–Crippen MR) is 381 cm³/mol. The van der Waals surface area contributed by atoms with Crippen molar-refractivity contribution in [1.29, 1.82) is 0 Å². The number of hydrogen-bond acceptors (Lipinski definition) is 2. The molecular formula is C82H62N6S.